The van der Waals surface area contributed by atoms with E-state index >= 15 is 0 Å². The average molecular weight is 303 g/mol. The van der Waals surface area contributed by atoms with Gasteiger partial charge in [-0.25, -0.2) is 4.98 Å². The molecule has 0 spiro atoms. The molecular weight excluding hydrogens is 286 g/mol. The molecule has 1 unspecified atom stereocenters. The first-order chi connectivity index (χ1) is 10.2. The maximum Gasteiger partial charge on any atom is 0.231 e. The van der Waals surface area contributed by atoms with Crippen LogP contribution in [0, 0.1) is 5.92 Å². The van der Waals surface area contributed by atoms with E-state index in [-0.39, 0.29) is 11.8 Å². The number of anilines is 2. The van der Waals surface area contributed by atoms with Crippen molar-refractivity contribution in [3.05, 3.63) is 29.6 Å². The second kappa shape index (κ2) is 6.24. The molecule has 1 amide bonds. The number of carbonyl (C=O) groups is 1. The van der Waals surface area contributed by atoms with Crippen molar-refractivity contribution in [3.63, 3.8) is 0 Å². The van der Waals surface area contributed by atoms with Gasteiger partial charge in [-0.15, -0.1) is 11.3 Å². The summed E-state index contributed by atoms with van der Waals surface area (Å²) in [5.41, 5.74) is 8.25. The Morgan fingerprint density at radius 1 is 1.48 bits per heavy atom. The van der Waals surface area contributed by atoms with Gasteiger partial charge in [0.2, 0.25) is 5.91 Å². The van der Waals surface area contributed by atoms with Crippen molar-refractivity contribution in [2.75, 3.05) is 24.3 Å². The van der Waals surface area contributed by atoms with Crippen LogP contribution in [0.15, 0.2) is 29.6 Å². The third-order valence-corrected chi connectivity index (χ3v) is 4.21. The largest absolute Gasteiger partial charge is 0.399 e. The number of hydrogen-bond donors (Lipinski definition) is 2. The molecule has 2 heterocycles. The minimum absolute atomic E-state index is 0.0109. The van der Waals surface area contributed by atoms with Crippen LogP contribution in [0.4, 0.5) is 10.8 Å². The highest BCUT2D eigenvalue weighted by Crippen LogP contribution is 2.26. The number of thiazole rings is 1. The fourth-order valence-corrected chi connectivity index (χ4v) is 3.04. The number of amides is 1. The molecular formula is C15H17N3O2S. The van der Waals surface area contributed by atoms with E-state index in [1.54, 1.807) is 0 Å². The third-order valence-electron chi connectivity index (χ3n) is 3.45. The van der Waals surface area contributed by atoms with Gasteiger partial charge in [-0.3, -0.25) is 4.79 Å². The van der Waals surface area contributed by atoms with Crippen molar-refractivity contribution in [1.82, 2.24) is 4.98 Å². The Kier molecular flexibility index (Phi) is 4.17. The summed E-state index contributed by atoms with van der Waals surface area (Å²) in [5, 5.41) is 5.41. The summed E-state index contributed by atoms with van der Waals surface area (Å²) in [6, 6.07) is 7.55. The summed E-state index contributed by atoms with van der Waals surface area (Å²) in [6.07, 6.45) is 1.81. The molecule has 1 fully saturated rings. The number of hydrogen-bond acceptors (Lipinski definition) is 5. The smallest absolute Gasteiger partial charge is 0.231 e. The zero-order valence-corrected chi connectivity index (χ0v) is 12.4. The Hall–Kier alpha value is -1.92. The number of nitrogens with one attached hydrogen (secondary N) is 1. The molecule has 6 heteroatoms. The molecule has 110 valence electrons. The molecule has 0 saturated carbocycles. The van der Waals surface area contributed by atoms with Gasteiger partial charge in [0.15, 0.2) is 5.13 Å². The lowest BCUT2D eigenvalue weighted by molar-refractivity contribution is -0.123. The summed E-state index contributed by atoms with van der Waals surface area (Å²) in [7, 11) is 0. The molecule has 21 heavy (non-hydrogen) atoms. The minimum atomic E-state index is -0.0709. The van der Waals surface area contributed by atoms with Crippen LogP contribution in [0.3, 0.4) is 0 Å². The predicted octanol–water partition coefficient (Wildman–Crippen LogP) is 2.76. The van der Waals surface area contributed by atoms with Gasteiger partial charge in [-0.05, 0) is 25.0 Å². The van der Waals surface area contributed by atoms with Crippen LogP contribution in [0.2, 0.25) is 0 Å². The zero-order valence-electron chi connectivity index (χ0n) is 11.5. The van der Waals surface area contributed by atoms with E-state index < -0.39 is 0 Å². The van der Waals surface area contributed by atoms with Crippen molar-refractivity contribution >= 4 is 28.1 Å². The molecule has 3 rings (SSSR count). The molecule has 3 N–H and O–H groups in total. The first-order valence-electron chi connectivity index (χ1n) is 6.92. The van der Waals surface area contributed by atoms with Crippen LogP contribution in [-0.2, 0) is 9.53 Å². The summed E-state index contributed by atoms with van der Waals surface area (Å²) in [4.78, 5) is 16.6. The average Bonchev–Trinajstić information content (AvgIpc) is 2.97. The van der Waals surface area contributed by atoms with Gasteiger partial charge in [0, 0.05) is 23.2 Å². The van der Waals surface area contributed by atoms with E-state index in [0.29, 0.717) is 17.4 Å². The van der Waals surface area contributed by atoms with Gasteiger partial charge >= 0.3 is 0 Å². The number of nitrogens with zero attached hydrogens (tertiary/aromatic N) is 1. The number of ether oxygens (including phenoxy) is 1. The molecule has 0 aliphatic carbocycles. The predicted molar refractivity (Wildman–Crippen MR) is 84.1 cm³/mol. The summed E-state index contributed by atoms with van der Waals surface area (Å²) < 4.78 is 5.34. The number of nitrogen functional groups attached to an aromatic ring is 1. The van der Waals surface area contributed by atoms with Gasteiger partial charge in [0.05, 0.1) is 18.2 Å². The van der Waals surface area contributed by atoms with Crippen LogP contribution in [0.1, 0.15) is 12.8 Å². The van der Waals surface area contributed by atoms with Crippen molar-refractivity contribution in [2.45, 2.75) is 12.8 Å². The van der Waals surface area contributed by atoms with E-state index in [9.17, 15) is 4.79 Å². The quantitative estimate of drug-likeness (QED) is 0.855. The van der Waals surface area contributed by atoms with Crippen molar-refractivity contribution < 1.29 is 9.53 Å². The standard InChI is InChI=1S/C15H17N3O2S/c16-12-5-1-3-10(7-12)13-9-21-15(17-13)18-14(19)11-4-2-6-20-8-11/h1,3,5,7,9,11H,2,4,6,8,16H2,(H,17,18,19). The molecule has 1 aliphatic rings. The van der Waals surface area contributed by atoms with E-state index in [1.807, 2.05) is 29.6 Å². The highest BCUT2D eigenvalue weighted by Gasteiger charge is 2.22. The lowest BCUT2D eigenvalue weighted by Gasteiger charge is -2.20. The molecule has 1 aromatic carbocycles. The highest BCUT2D eigenvalue weighted by molar-refractivity contribution is 7.14. The molecule has 0 radical (unpaired) electrons. The van der Waals surface area contributed by atoms with Gasteiger partial charge in [0.25, 0.3) is 0 Å². The maximum atomic E-state index is 12.1. The van der Waals surface area contributed by atoms with Crippen molar-refractivity contribution in [2.24, 2.45) is 5.92 Å². The number of nitrogens with two attached hydrogens (primary N) is 1. The number of carbonyl (C=O) groups excluding carboxylic acids is 1. The van der Waals surface area contributed by atoms with Crippen LogP contribution in [0.5, 0.6) is 0 Å². The Bertz CT molecular complexity index is 635. The van der Waals surface area contributed by atoms with Gasteiger partial charge in [0.1, 0.15) is 0 Å². The van der Waals surface area contributed by atoms with Crippen LogP contribution >= 0.6 is 11.3 Å². The van der Waals surface area contributed by atoms with E-state index in [2.05, 4.69) is 10.3 Å². The van der Waals surface area contributed by atoms with Crippen molar-refractivity contribution in [1.29, 1.82) is 0 Å². The first kappa shape index (κ1) is 14.0. The molecule has 1 aromatic heterocycles. The van der Waals surface area contributed by atoms with Gasteiger partial charge in [-0.1, -0.05) is 12.1 Å². The zero-order chi connectivity index (χ0) is 14.7. The SMILES string of the molecule is Nc1cccc(-c2csc(NC(=O)C3CCCOC3)n2)c1. The number of benzene rings is 1. The second-order valence-corrected chi connectivity index (χ2v) is 5.92. The third kappa shape index (κ3) is 3.40. The fourth-order valence-electron chi connectivity index (χ4n) is 2.32. The molecule has 5 nitrogen and oxygen atoms in total. The Morgan fingerprint density at radius 3 is 3.14 bits per heavy atom. The monoisotopic (exact) mass is 303 g/mol. The maximum absolute atomic E-state index is 12.1. The van der Waals surface area contributed by atoms with Crippen LogP contribution in [-0.4, -0.2) is 24.1 Å². The lowest BCUT2D eigenvalue weighted by Crippen LogP contribution is -2.30. The second-order valence-electron chi connectivity index (χ2n) is 5.07. The molecule has 1 atom stereocenters. The van der Waals surface area contributed by atoms with Crippen LogP contribution in [0.25, 0.3) is 11.3 Å². The summed E-state index contributed by atoms with van der Waals surface area (Å²) in [5.74, 6) is -0.0818. The van der Waals surface area contributed by atoms with E-state index in [0.717, 1.165) is 30.7 Å². The molecule has 1 aliphatic heterocycles. The molecule has 1 saturated heterocycles. The minimum Gasteiger partial charge on any atom is -0.399 e. The van der Waals surface area contributed by atoms with Crippen LogP contribution < -0.4 is 11.1 Å². The first-order valence-corrected chi connectivity index (χ1v) is 7.80. The van der Waals surface area contributed by atoms with E-state index in [1.165, 1.54) is 11.3 Å². The molecule has 2 aromatic rings. The van der Waals surface area contributed by atoms with Gasteiger partial charge in [-0.2, -0.15) is 0 Å². The molecule has 0 bridgehead atoms. The Balaban J connectivity index is 1.69. The number of aromatic nitrogens is 1. The lowest BCUT2D eigenvalue weighted by atomic mass is 10.0. The van der Waals surface area contributed by atoms with Crippen molar-refractivity contribution in [3.8, 4) is 11.3 Å². The number of rotatable bonds is 3. The Morgan fingerprint density at radius 2 is 2.38 bits per heavy atom. The topological polar surface area (TPSA) is 77.2 Å². The normalized spacial score (nSPS) is 18.4. The summed E-state index contributed by atoms with van der Waals surface area (Å²) in [6.45, 7) is 1.25. The van der Waals surface area contributed by atoms with Gasteiger partial charge < -0.3 is 15.8 Å². The van der Waals surface area contributed by atoms with E-state index in [4.69, 9.17) is 10.5 Å². The fraction of sp³-hybridized carbons (Fsp3) is 0.333. The Labute approximate surface area is 127 Å². The highest BCUT2D eigenvalue weighted by atomic mass is 32.1. The summed E-state index contributed by atoms with van der Waals surface area (Å²) >= 11 is 1.42.